The van der Waals surface area contributed by atoms with Crippen molar-refractivity contribution < 1.29 is 14.3 Å². The summed E-state index contributed by atoms with van der Waals surface area (Å²) < 4.78 is 9.93. The highest BCUT2D eigenvalue weighted by Gasteiger charge is 2.14. The number of esters is 1. The van der Waals surface area contributed by atoms with Crippen molar-refractivity contribution in [1.82, 2.24) is 4.98 Å². The minimum Gasteiger partial charge on any atom is -0.483 e. The van der Waals surface area contributed by atoms with Gasteiger partial charge in [-0.05, 0) is 5.56 Å². The molecule has 98 valence electrons. The van der Waals surface area contributed by atoms with Crippen molar-refractivity contribution in [3.63, 3.8) is 0 Å². The second-order valence-corrected chi connectivity index (χ2v) is 3.83. The van der Waals surface area contributed by atoms with Gasteiger partial charge in [-0.2, -0.15) is 0 Å². The molecule has 2 rings (SSSR count). The van der Waals surface area contributed by atoms with E-state index in [2.05, 4.69) is 9.72 Å². The van der Waals surface area contributed by atoms with Gasteiger partial charge >= 0.3 is 5.97 Å². The number of ether oxygens (including phenoxy) is 2. The van der Waals surface area contributed by atoms with E-state index in [1.807, 2.05) is 30.3 Å². The maximum Gasteiger partial charge on any atom is 0.343 e. The first-order valence-corrected chi connectivity index (χ1v) is 5.68. The minimum absolute atomic E-state index is 0.0759. The molecule has 1 aromatic heterocycles. The summed E-state index contributed by atoms with van der Waals surface area (Å²) in [5.74, 6) is -0.599. The number of benzene rings is 1. The Hall–Kier alpha value is -2.56. The number of pyridine rings is 1. The van der Waals surface area contributed by atoms with Crippen LogP contribution in [0.25, 0.3) is 0 Å². The van der Waals surface area contributed by atoms with Gasteiger partial charge in [0.15, 0.2) is 5.75 Å². The van der Waals surface area contributed by atoms with Crippen LogP contribution in [0.3, 0.4) is 0 Å². The average Bonchev–Trinajstić information content (AvgIpc) is 2.46. The highest BCUT2D eigenvalue weighted by Crippen LogP contribution is 2.07. The van der Waals surface area contributed by atoms with Gasteiger partial charge in [0.05, 0.1) is 7.11 Å². The van der Waals surface area contributed by atoms with Gasteiger partial charge < -0.3 is 14.5 Å². The van der Waals surface area contributed by atoms with E-state index in [0.29, 0.717) is 0 Å². The zero-order valence-electron chi connectivity index (χ0n) is 10.4. The van der Waals surface area contributed by atoms with Crippen LogP contribution in [0.5, 0.6) is 5.75 Å². The Morgan fingerprint density at radius 2 is 1.95 bits per heavy atom. The highest BCUT2D eigenvalue weighted by atomic mass is 16.5. The van der Waals surface area contributed by atoms with Gasteiger partial charge in [0.25, 0.3) is 0 Å². The molecule has 1 aromatic carbocycles. The third kappa shape index (κ3) is 3.01. The number of carbonyl (C=O) groups is 1. The van der Waals surface area contributed by atoms with Crippen LogP contribution in [0.1, 0.15) is 15.9 Å². The SMILES string of the molecule is COC(=O)c1c[nH]cc(OCc2ccccc2)c1=O. The minimum atomic E-state index is -0.689. The van der Waals surface area contributed by atoms with E-state index in [1.165, 1.54) is 19.5 Å². The number of hydrogen-bond acceptors (Lipinski definition) is 4. The van der Waals surface area contributed by atoms with Gasteiger partial charge in [0, 0.05) is 12.4 Å². The van der Waals surface area contributed by atoms with Crippen molar-refractivity contribution >= 4 is 5.97 Å². The van der Waals surface area contributed by atoms with Crippen LogP contribution in [0.4, 0.5) is 0 Å². The number of carbonyl (C=O) groups excluding carboxylic acids is 1. The summed E-state index contributed by atoms with van der Waals surface area (Å²) in [7, 11) is 1.22. The lowest BCUT2D eigenvalue weighted by Crippen LogP contribution is -2.18. The van der Waals surface area contributed by atoms with E-state index in [1.54, 1.807) is 0 Å². The van der Waals surface area contributed by atoms with Crippen molar-refractivity contribution in [2.75, 3.05) is 7.11 Å². The molecule has 1 heterocycles. The smallest absolute Gasteiger partial charge is 0.343 e. The summed E-state index contributed by atoms with van der Waals surface area (Å²) in [5.41, 5.74) is 0.375. The molecule has 5 nitrogen and oxygen atoms in total. The topological polar surface area (TPSA) is 68.4 Å². The molecule has 1 N–H and O–H groups in total. The Labute approximate surface area is 109 Å². The monoisotopic (exact) mass is 259 g/mol. The fourth-order valence-electron chi connectivity index (χ4n) is 1.57. The Kier molecular flexibility index (Phi) is 3.97. The van der Waals surface area contributed by atoms with Crippen LogP contribution < -0.4 is 10.2 Å². The second kappa shape index (κ2) is 5.86. The first kappa shape index (κ1) is 12.9. The molecule has 0 atom stereocenters. The molecule has 2 aromatic rings. The van der Waals surface area contributed by atoms with Crippen molar-refractivity contribution in [2.24, 2.45) is 0 Å². The van der Waals surface area contributed by atoms with E-state index < -0.39 is 11.4 Å². The maximum absolute atomic E-state index is 11.9. The van der Waals surface area contributed by atoms with Gasteiger partial charge in [0.2, 0.25) is 5.43 Å². The predicted octanol–water partition coefficient (Wildman–Crippen LogP) is 1.74. The van der Waals surface area contributed by atoms with E-state index >= 15 is 0 Å². The lowest BCUT2D eigenvalue weighted by atomic mass is 10.2. The van der Waals surface area contributed by atoms with Crippen LogP contribution in [0.15, 0.2) is 47.5 Å². The molecule has 0 fully saturated rings. The van der Waals surface area contributed by atoms with E-state index in [0.717, 1.165) is 5.56 Å². The van der Waals surface area contributed by atoms with Crippen molar-refractivity contribution in [1.29, 1.82) is 0 Å². The molecular formula is C14H13NO4. The Morgan fingerprint density at radius 1 is 1.21 bits per heavy atom. The number of aromatic nitrogens is 1. The normalized spacial score (nSPS) is 9.95. The van der Waals surface area contributed by atoms with Gasteiger partial charge in [-0.1, -0.05) is 30.3 Å². The quantitative estimate of drug-likeness (QED) is 0.849. The van der Waals surface area contributed by atoms with E-state index in [9.17, 15) is 9.59 Å². The van der Waals surface area contributed by atoms with Gasteiger partial charge in [-0.3, -0.25) is 4.79 Å². The fraction of sp³-hybridized carbons (Fsp3) is 0.143. The van der Waals surface area contributed by atoms with Crippen molar-refractivity contribution in [3.05, 3.63) is 64.1 Å². The summed E-state index contributed by atoms with van der Waals surface area (Å²) in [6.45, 7) is 0.258. The average molecular weight is 259 g/mol. The fourth-order valence-corrected chi connectivity index (χ4v) is 1.57. The zero-order chi connectivity index (χ0) is 13.7. The molecule has 0 bridgehead atoms. The van der Waals surface area contributed by atoms with Crippen LogP contribution in [-0.2, 0) is 11.3 Å². The van der Waals surface area contributed by atoms with Crippen LogP contribution in [0, 0.1) is 0 Å². The molecule has 0 unspecified atom stereocenters. The Balaban J connectivity index is 2.18. The number of nitrogens with one attached hydrogen (secondary N) is 1. The van der Waals surface area contributed by atoms with Crippen LogP contribution in [0.2, 0.25) is 0 Å². The van der Waals surface area contributed by atoms with Gasteiger partial charge in [-0.15, -0.1) is 0 Å². The van der Waals surface area contributed by atoms with Crippen molar-refractivity contribution in [2.45, 2.75) is 6.61 Å². The third-order valence-corrected chi connectivity index (χ3v) is 2.55. The van der Waals surface area contributed by atoms with Crippen LogP contribution >= 0.6 is 0 Å². The van der Waals surface area contributed by atoms with Gasteiger partial charge in [-0.25, -0.2) is 4.79 Å². The molecule has 0 saturated heterocycles. The highest BCUT2D eigenvalue weighted by molar-refractivity contribution is 5.89. The lowest BCUT2D eigenvalue weighted by molar-refractivity contribution is 0.0598. The van der Waals surface area contributed by atoms with E-state index in [4.69, 9.17) is 4.74 Å². The molecule has 0 aliphatic rings. The number of H-pyrrole nitrogens is 1. The summed E-state index contributed by atoms with van der Waals surface area (Å²) in [6, 6.07) is 9.44. The molecule has 0 aliphatic carbocycles. The predicted molar refractivity (Wildman–Crippen MR) is 69.2 cm³/mol. The first-order chi connectivity index (χ1) is 9.22. The second-order valence-electron chi connectivity index (χ2n) is 3.83. The number of methoxy groups -OCH3 is 1. The molecule has 5 heteroatoms. The largest absolute Gasteiger partial charge is 0.483 e. The molecule has 0 radical (unpaired) electrons. The van der Waals surface area contributed by atoms with Crippen molar-refractivity contribution in [3.8, 4) is 5.75 Å². The maximum atomic E-state index is 11.9. The standard InChI is InChI=1S/C14H13NO4/c1-18-14(17)11-7-15-8-12(13(11)16)19-9-10-5-3-2-4-6-10/h2-8H,9H2,1H3,(H,15,16). The molecule has 0 amide bonds. The van der Waals surface area contributed by atoms with Gasteiger partial charge in [0.1, 0.15) is 12.2 Å². The molecule has 0 spiro atoms. The molecule has 0 aliphatic heterocycles. The number of rotatable bonds is 4. The number of hydrogen-bond donors (Lipinski definition) is 1. The van der Waals surface area contributed by atoms with E-state index in [-0.39, 0.29) is 17.9 Å². The summed E-state index contributed by atoms with van der Waals surface area (Å²) >= 11 is 0. The third-order valence-electron chi connectivity index (χ3n) is 2.55. The Morgan fingerprint density at radius 3 is 2.63 bits per heavy atom. The summed E-state index contributed by atoms with van der Waals surface area (Å²) in [5, 5.41) is 0. The molecule has 19 heavy (non-hydrogen) atoms. The summed E-state index contributed by atoms with van der Waals surface area (Å²) in [6.07, 6.45) is 2.71. The lowest BCUT2D eigenvalue weighted by Gasteiger charge is -2.06. The van der Waals surface area contributed by atoms with Crippen LogP contribution in [-0.4, -0.2) is 18.1 Å². The Bertz CT molecular complexity index is 619. The first-order valence-electron chi connectivity index (χ1n) is 5.68. The molecule has 0 saturated carbocycles. The zero-order valence-corrected chi connectivity index (χ0v) is 10.4. The summed E-state index contributed by atoms with van der Waals surface area (Å²) in [4.78, 5) is 26.0. The number of aromatic amines is 1. The molecular weight excluding hydrogens is 246 g/mol.